The maximum absolute atomic E-state index is 10.9. The lowest BCUT2D eigenvalue weighted by Crippen LogP contribution is -2.02. The van der Waals surface area contributed by atoms with Gasteiger partial charge in [0.05, 0.1) is 5.56 Å². The molecule has 2 aromatic rings. The van der Waals surface area contributed by atoms with Crippen molar-refractivity contribution in [1.82, 2.24) is 0 Å². The summed E-state index contributed by atoms with van der Waals surface area (Å²) in [5.41, 5.74) is 4.33. The Kier molecular flexibility index (Phi) is 4.60. The van der Waals surface area contributed by atoms with E-state index in [1.165, 1.54) is 0 Å². The van der Waals surface area contributed by atoms with Gasteiger partial charge in [0, 0.05) is 7.11 Å². The highest BCUT2D eigenvalue weighted by Gasteiger charge is 2.09. The van der Waals surface area contributed by atoms with Crippen molar-refractivity contribution in [1.29, 1.82) is 0 Å². The number of benzene rings is 2. The van der Waals surface area contributed by atoms with Gasteiger partial charge in [0.25, 0.3) is 0 Å². The lowest BCUT2D eigenvalue weighted by atomic mass is 9.99. The fourth-order valence-electron chi connectivity index (χ4n) is 2.27. The minimum Gasteiger partial charge on any atom is -0.478 e. The van der Waals surface area contributed by atoms with Gasteiger partial charge in [-0.1, -0.05) is 12.1 Å². The summed E-state index contributed by atoms with van der Waals surface area (Å²) in [4.78, 5) is 10.9. The fraction of sp³-hybridized carbons (Fsp3) is 0.235. The monoisotopic (exact) mass is 286 g/mol. The number of carboxylic acid groups (broad SMARTS) is 1. The highest BCUT2D eigenvalue weighted by Crippen LogP contribution is 2.30. The van der Waals surface area contributed by atoms with Gasteiger partial charge < -0.3 is 14.6 Å². The minimum atomic E-state index is -0.919. The Balaban J connectivity index is 2.34. The number of methoxy groups -OCH3 is 1. The average Bonchev–Trinajstić information content (AvgIpc) is 2.46. The third kappa shape index (κ3) is 3.41. The topological polar surface area (TPSA) is 55.8 Å². The zero-order valence-corrected chi connectivity index (χ0v) is 12.3. The molecular formula is C17H18O4. The first kappa shape index (κ1) is 15.1. The molecule has 0 fully saturated rings. The third-order valence-electron chi connectivity index (χ3n) is 3.25. The Hall–Kier alpha value is -2.33. The van der Waals surface area contributed by atoms with E-state index in [1.54, 1.807) is 19.2 Å². The van der Waals surface area contributed by atoms with Crippen molar-refractivity contribution in [2.24, 2.45) is 0 Å². The molecular weight excluding hydrogens is 268 g/mol. The van der Waals surface area contributed by atoms with Crippen molar-refractivity contribution in [3.63, 3.8) is 0 Å². The molecule has 1 N–H and O–H groups in total. The van der Waals surface area contributed by atoms with E-state index >= 15 is 0 Å². The summed E-state index contributed by atoms with van der Waals surface area (Å²) in [5.74, 6) is -0.0972. The summed E-state index contributed by atoms with van der Waals surface area (Å²) >= 11 is 0. The van der Waals surface area contributed by atoms with Crippen LogP contribution in [0, 0.1) is 13.8 Å². The number of carbonyl (C=O) groups is 1. The number of carboxylic acids is 1. The molecule has 2 rings (SSSR count). The molecule has 0 aromatic heterocycles. The van der Waals surface area contributed by atoms with Gasteiger partial charge in [0.2, 0.25) is 0 Å². The van der Waals surface area contributed by atoms with E-state index in [-0.39, 0.29) is 12.4 Å². The maximum Gasteiger partial charge on any atom is 0.335 e. The number of rotatable bonds is 5. The van der Waals surface area contributed by atoms with E-state index in [2.05, 4.69) is 0 Å². The van der Waals surface area contributed by atoms with Gasteiger partial charge in [0.1, 0.15) is 5.75 Å². The molecule has 0 saturated heterocycles. The van der Waals surface area contributed by atoms with E-state index in [1.807, 2.05) is 38.1 Å². The van der Waals surface area contributed by atoms with E-state index in [4.69, 9.17) is 14.6 Å². The van der Waals surface area contributed by atoms with Gasteiger partial charge in [-0.3, -0.25) is 0 Å². The Morgan fingerprint density at radius 2 is 1.62 bits per heavy atom. The summed E-state index contributed by atoms with van der Waals surface area (Å²) in [6.07, 6.45) is 0. The van der Waals surface area contributed by atoms with Crippen LogP contribution in [0.25, 0.3) is 11.1 Å². The number of aromatic carboxylic acids is 1. The standard InChI is InChI=1S/C17H18O4/c1-11-8-15(9-12(2)16(11)21-10-20-3)13-4-6-14(7-5-13)17(18)19/h4-9H,10H2,1-3H3,(H,18,19). The van der Waals surface area contributed by atoms with E-state index in [0.717, 1.165) is 28.0 Å². The van der Waals surface area contributed by atoms with Crippen molar-refractivity contribution >= 4 is 5.97 Å². The van der Waals surface area contributed by atoms with Crippen molar-refractivity contribution in [2.45, 2.75) is 13.8 Å². The number of aryl methyl sites for hydroxylation is 2. The lowest BCUT2D eigenvalue weighted by Gasteiger charge is -2.13. The summed E-state index contributed by atoms with van der Waals surface area (Å²) in [6.45, 7) is 4.18. The van der Waals surface area contributed by atoms with Crippen LogP contribution in [-0.2, 0) is 4.74 Å². The normalized spacial score (nSPS) is 10.4. The van der Waals surface area contributed by atoms with Crippen LogP contribution in [0.4, 0.5) is 0 Å². The Bertz CT molecular complexity index is 621. The smallest absolute Gasteiger partial charge is 0.335 e. The molecule has 0 unspecified atom stereocenters. The van der Waals surface area contributed by atoms with Gasteiger partial charge >= 0.3 is 5.97 Å². The molecule has 0 aliphatic heterocycles. The first-order valence-corrected chi connectivity index (χ1v) is 6.59. The van der Waals surface area contributed by atoms with Crippen LogP contribution in [0.3, 0.4) is 0 Å². The van der Waals surface area contributed by atoms with Crippen molar-refractivity contribution in [2.75, 3.05) is 13.9 Å². The predicted molar refractivity (Wildman–Crippen MR) is 80.8 cm³/mol. The molecule has 0 saturated carbocycles. The summed E-state index contributed by atoms with van der Waals surface area (Å²) in [6, 6.07) is 10.9. The van der Waals surface area contributed by atoms with E-state index in [0.29, 0.717) is 0 Å². The third-order valence-corrected chi connectivity index (χ3v) is 3.25. The summed E-state index contributed by atoms with van der Waals surface area (Å²) < 4.78 is 10.5. The molecule has 21 heavy (non-hydrogen) atoms. The molecule has 4 nitrogen and oxygen atoms in total. The molecule has 0 aliphatic rings. The number of ether oxygens (including phenoxy) is 2. The van der Waals surface area contributed by atoms with Crippen LogP contribution in [0.5, 0.6) is 5.75 Å². The average molecular weight is 286 g/mol. The molecule has 110 valence electrons. The van der Waals surface area contributed by atoms with Crippen molar-refractivity contribution in [3.05, 3.63) is 53.1 Å². The molecule has 0 bridgehead atoms. The van der Waals surface area contributed by atoms with Crippen molar-refractivity contribution < 1.29 is 19.4 Å². The SMILES string of the molecule is COCOc1c(C)cc(-c2ccc(C(=O)O)cc2)cc1C. The summed E-state index contributed by atoms with van der Waals surface area (Å²) in [5, 5.41) is 8.92. The molecule has 0 heterocycles. The summed E-state index contributed by atoms with van der Waals surface area (Å²) in [7, 11) is 1.59. The van der Waals surface area contributed by atoms with Gasteiger partial charge in [-0.25, -0.2) is 4.79 Å². The van der Waals surface area contributed by atoms with E-state index < -0.39 is 5.97 Å². The quantitative estimate of drug-likeness (QED) is 0.852. The lowest BCUT2D eigenvalue weighted by molar-refractivity contribution is 0.0501. The predicted octanol–water partition coefficient (Wildman–Crippen LogP) is 3.65. The Labute approximate surface area is 123 Å². The number of hydrogen-bond acceptors (Lipinski definition) is 3. The molecule has 0 atom stereocenters. The highest BCUT2D eigenvalue weighted by atomic mass is 16.7. The number of hydrogen-bond donors (Lipinski definition) is 1. The molecule has 0 radical (unpaired) electrons. The van der Waals surface area contributed by atoms with Crippen LogP contribution in [0.15, 0.2) is 36.4 Å². The van der Waals surface area contributed by atoms with Gasteiger partial charge in [-0.15, -0.1) is 0 Å². The molecule has 2 aromatic carbocycles. The first-order valence-electron chi connectivity index (χ1n) is 6.59. The molecule has 0 amide bonds. The maximum atomic E-state index is 10.9. The van der Waals surface area contributed by atoms with Crippen molar-refractivity contribution in [3.8, 4) is 16.9 Å². The van der Waals surface area contributed by atoms with Crippen LogP contribution in [0.2, 0.25) is 0 Å². The van der Waals surface area contributed by atoms with Crippen LogP contribution in [-0.4, -0.2) is 25.0 Å². The van der Waals surface area contributed by atoms with E-state index in [9.17, 15) is 4.79 Å². The zero-order chi connectivity index (χ0) is 15.4. The van der Waals surface area contributed by atoms with Crippen LogP contribution < -0.4 is 4.74 Å². The van der Waals surface area contributed by atoms with Gasteiger partial charge in [-0.05, 0) is 60.4 Å². The second-order valence-electron chi connectivity index (χ2n) is 4.87. The Morgan fingerprint density at radius 1 is 1.05 bits per heavy atom. The Morgan fingerprint density at radius 3 is 2.10 bits per heavy atom. The second-order valence-corrected chi connectivity index (χ2v) is 4.87. The van der Waals surface area contributed by atoms with Gasteiger partial charge in [0.15, 0.2) is 6.79 Å². The minimum absolute atomic E-state index is 0.217. The second kappa shape index (κ2) is 6.41. The molecule has 4 heteroatoms. The fourth-order valence-corrected chi connectivity index (χ4v) is 2.27. The first-order chi connectivity index (χ1) is 10.0. The largest absolute Gasteiger partial charge is 0.478 e. The van der Waals surface area contributed by atoms with Crippen LogP contribution >= 0.6 is 0 Å². The molecule has 0 spiro atoms. The van der Waals surface area contributed by atoms with Gasteiger partial charge in [-0.2, -0.15) is 0 Å². The van der Waals surface area contributed by atoms with Crippen LogP contribution in [0.1, 0.15) is 21.5 Å². The molecule has 0 aliphatic carbocycles. The highest BCUT2D eigenvalue weighted by molar-refractivity contribution is 5.88. The zero-order valence-electron chi connectivity index (χ0n) is 12.3.